The first-order valence-corrected chi connectivity index (χ1v) is 6.58. The summed E-state index contributed by atoms with van der Waals surface area (Å²) in [5, 5.41) is 7.91. The van der Waals surface area contributed by atoms with Crippen LogP contribution in [-0.4, -0.2) is 16.8 Å². The lowest BCUT2D eigenvalue weighted by Crippen LogP contribution is -2.23. The molecule has 1 aromatic heterocycles. The molecule has 0 saturated heterocycles. The molecule has 0 amide bonds. The van der Waals surface area contributed by atoms with Gasteiger partial charge in [-0.15, -0.1) is 0 Å². The van der Waals surface area contributed by atoms with Gasteiger partial charge in [-0.05, 0) is 27.0 Å². The maximum absolute atomic E-state index is 14.0. The minimum atomic E-state index is -0.321. The van der Waals surface area contributed by atoms with Crippen molar-refractivity contribution in [3.05, 3.63) is 52.6 Å². The maximum Gasteiger partial charge on any atom is 0.128 e. The third-order valence-electron chi connectivity index (χ3n) is 3.05. The predicted molar refractivity (Wildman–Crippen MR) is 74.9 cm³/mol. The van der Waals surface area contributed by atoms with Gasteiger partial charge in [-0.25, -0.2) is 4.39 Å². The predicted octanol–water partition coefficient (Wildman–Crippen LogP) is 3.57. The van der Waals surface area contributed by atoms with Crippen molar-refractivity contribution in [2.45, 2.75) is 25.9 Å². The third kappa shape index (κ3) is 2.65. The van der Waals surface area contributed by atoms with Crippen LogP contribution in [-0.2, 0) is 0 Å². The summed E-state index contributed by atoms with van der Waals surface area (Å²) in [7, 11) is 1.78. The normalized spacial score (nSPS) is 12.9. The van der Waals surface area contributed by atoms with Crippen LogP contribution in [0.25, 0.3) is 0 Å². The van der Waals surface area contributed by atoms with Crippen molar-refractivity contribution in [3.63, 3.8) is 0 Å². The lowest BCUT2D eigenvalue weighted by molar-refractivity contribution is 0.476. The molecule has 102 valence electrons. The molecule has 3 nitrogen and oxygen atoms in total. The van der Waals surface area contributed by atoms with E-state index in [9.17, 15) is 4.39 Å². The Kier molecular flexibility index (Phi) is 4.22. The standard InChI is InChI=1S/C14H17ClFN3/c1-9(2)19-14(11(15)8-18-19)13(17-3)10-6-4-5-7-12(10)16/h4-9,13,17H,1-3H3. The van der Waals surface area contributed by atoms with Crippen LogP contribution in [0.3, 0.4) is 0 Å². The molecule has 0 radical (unpaired) electrons. The van der Waals surface area contributed by atoms with Gasteiger partial charge in [-0.3, -0.25) is 4.68 Å². The van der Waals surface area contributed by atoms with Crippen molar-refractivity contribution in [2.75, 3.05) is 7.05 Å². The van der Waals surface area contributed by atoms with Crippen molar-refractivity contribution < 1.29 is 4.39 Å². The molecule has 1 aromatic carbocycles. The molecule has 2 aromatic rings. The van der Waals surface area contributed by atoms with Crippen molar-refractivity contribution in [1.82, 2.24) is 15.1 Å². The minimum Gasteiger partial charge on any atom is -0.308 e. The van der Waals surface area contributed by atoms with Crippen LogP contribution in [0.15, 0.2) is 30.5 Å². The summed E-state index contributed by atoms with van der Waals surface area (Å²) in [5.74, 6) is -0.255. The highest BCUT2D eigenvalue weighted by Crippen LogP contribution is 2.31. The fourth-order valence-corrected chi connectivity index (χ4v) is 2.42. The first-order valence-electron chi connectivity index (χ1n) is 6.20. The lowest BCUT2D eigenvalue weighted by atomic mass is 10.0. The van der Waals surface area contributed by atoms with Crippen LogP contribution < -0.4 is 5.32 Å². The summed E-state index contributed by atoms with van der Waals surface area (Å²) < 4.78 is 15.8. The first kappa shape index (κ1) is 14.0. The Hall–Kier alpha value is -1.39. The summed E-state index contributed by atoms with van der Waals surface area (Å²) in [4.78, 5) is 0. The van der Waals surface area contributed by atoms with Gasteiger partial charge in [0, 0.05) is 11.6 Å². The molecule has 0 aliphatic rings. The molecule has 1 atom stereocenters. The zero-order valence-corrected chi connectivity index (χ0v) is 11.9. The Balaban J connectivity index is 2.55. The molecule has 0 bridgehead atoms. The van der Waals surface area contributed by atoms with Gasteiger partial charge in [-0.2, -0.15) is 5.10 Å². The van der Waals surface area contributed by atoms with Gasteiger partial charge >= 0.3 is 0 Å². The first-order chi connectivity index (χ1) is 9.06. The Morgan fingerprint density at radius 2 is 2.00 bits per heavy atom. The third-order valence-corrected chi connectivity index (χ3v) is 3.35. The second-order valence-electron chi connectivity index (χ2n) is 4.66. The molecule has 1 heterocycles. The fraction of sp³-hybridized carbons (Fsp3) is 0.357. The van der Waals surface area contributed by atoms with E-state index in [1.165, 1.54) is 6.07 Å². The largest absolute Gasteiger partial charge is 0.308 e. The topological polar surface area (TPSA) is 29.9 Å². The van der Waals surface area contributed by atoms with Gasteiger partial charge in [0.05, 0.1) is 23.0 Å². The molecule has 19 heavy (non-hydrogen) atoms. The second kappa shape index (κ2) is 5.72. The van der Waals surface area contributed by atoms with Crippen LogP contribution in [0.1, 0.15) is 37.2 Å². The SMILES string of the molecule is CNC(c1ccccc1F)c1c(Cl)cnn1C(C)C. The van der Waals surface area contributed by atoms with E-state index >= 15 is 0 Å². The Bertz CT molecular complexity index is 566. The molecule has 2 rings (SSSR count). The van der Waals surface area contributed by atoms with Crippen molar-refractivity contribution in [1.29, 1.82) is 0 Å². The smallest absolute Gasteiger partial charge is 0.128 e. The molecule has 0 aliphatic carbocycles. The fourth-order valence-electron chi connectivity index (χ4n) is 2.18. The Morgan fingerprint density at radius 3 is 2.58 bits per heavy atom. The van der Waals surface area contributed by atoms with Gasteiger partial charge in [0.1, 0.15) is 5.82 Å². The average molecular weight is 282 g/mol. The van der Waals surface area contributed by atoms with E-state index in [1.807, 2.05) is 24.6 Å². The maximum atomic E-state index is 14.0. The second-order valence-corrected chi connectivity index (χ2v) is 5.07. The zero-order valence-electron chi connectivity index (χ0n) is 11.2. The number of aromatic nitrogens is 2. The number of nitrogens with one attached hydrogen (secondary N) is 1. The van der Waals surface area contributed by atoms with Crippen LogP contribution in [0.5, 0.6) is 0 Å². The van der Waals surface area contributed by atoms with Gasteiger partial charge < -0.3 is 5.32 Å². The molecular weight excluding hydrogens is 265 g/mol. The van der Waals surface area contributed by atoms with Gasteiger partial charge in [0.2, 0.25) is 0 Å². The van der Waals surface area contributed by atoms with E-state index in [0.29, 0.717) is 10.6 Å². The highest BCUT2D eigenvalue weighted by atomic mass is 35.5. The number of rotatable bonds is 4. The minimum absolute atomic E-state index is 0.158. The lowest BCUT2D eigenvalue weighted by Gasteiger charge is -2.21. The van der Waals surface area contributed by atoms with E-state index < -0.39 is 0 Å². The Morgan fingerprint density at radius 1 is 1.32 bits per heavy atom. The van der Waals surface area contributed by atoms with E-state index in [-0.39, 0.29) is 17.9 Å². The van der Waals surface area contributed by atoms with E-state index in [2.05, 4.69) is 10.4 Å². The van der Waals surface area contributed by atoms with Crippen LogP contribution >= 0.6 is 11.6 Å². The number of benzene rings is 1. The molecular formula is C14H17ClFN3. The summed E-state index contributed by atoms with van der Waals surface area (Å²) in [6.45, 7) is 4.03. The van der Waals surface area contributed by atoms with Crippen molar-refractivity contribution in [2.24, 2.45) is 0 Å². The number of halogens is 2. The van der Waals surface area contributed by atoms with E-state index in [0.717, 1.165) is 5.69 Å². The van der Waals surface area contributed by atoms with Crippen molar-refractivity contribution >= 4 is 11.6 Å². The average Bonchev–Trinajstić information content (AvgIpc) is 2.75. The summed E-state index contributed by atoms with van der Waals surface area (Å²) in [6.07, 6.45) is 1.60. The molecule has 5 heteroatoms. The quantitative estimate of drug-likeness (QED) is 0.928. The number of nitrogens with zero attached hydrogens (tertiary/aromatic N) is 2. The summed E-state index contributed by atoms with van der Waals surface area (Å²) >= 11 is 6.22. The molecule has 0 aliphatic heterocycles. The van der Waals surface area contributed by atoms with Crippen LogP contribution in [0.4, 0.5) is 4.39 Å². The monoisotopic (exact) mass is 281 g/mol. The number of hydrogen-bond donors (Lipinski definition) is 1. The van der Waals surface area contributed by atoms with Crippen LogP contribution in [0, 0.1) is 5.82 Å². The zero-order chi connectivity index (χ0) is 14.0. The van der Waals surface area contributed by atoms with Crippen LogP contribution in [0.2, 0.25) is 5.02 Å². The van der Waals surface area contributed by atoms with E-state index in [1.54, 1.807) is 25.4 Å². The van der Waals surface area contributed by atoms with Gasteiger partial charge in [-0.1, -0.05) is 29.8 Å². The number of hydrogen-bond acceptors (Lipinski definition) is 2. The highest BCUT2D eigenvalue weighted by molar-refractivity contribution is 6.31. The highest BCUT2D eigenvalue weighted by Gasteiger charge is 2.24. The molecule has 1 N–H and O–H groups in total. The molecule has 0 spiro atoms. The Labute approximate surface area is 117 Å². The molecule has 0 fully saturated rings. The van der Waals surface area contributed by atoms with Gasteiger partial charge in [0.15, 0.2) is 0 Å². The summed E-state index contributed by atoms with van der Waals surface area (Å²) in [6, 6.07) is 6.53. The molecule has 0 saturated carbocycles. The van der Waals surface area contributed by atoms with Crippen molar-refractivity contribution in [3.8, 4) is 0 Å². The molecule has 1 unspecified atom stereocenters. The van der Waals surface area contributed by atoms with Gasteiger partial charge in [0.25, 0.3) is 0 Å². The summed E-state index contributed by atoms with van der Waals surface area (Å²) in [5.41, 5.74) is 1.35. The van der Waals surface area contributed by atoms with E-state index in [4.69, 9.17) is 11.6 Å².